The van der Waals surface area contributed by atoms with Gasteiger partial charge in [-0.05, 0) is 31.1 Å². The Morgan fingerprint density at radius 1 is 1.25 bits per heavy atom. The van der Waals surface area contributed by atoms with Crippen LogP contribution in [0.15, 0.2) is 11.2 Å². The lowest BCUT2D eigenvalue weighted by molar-refractivity contribution is 0.321. The molecule has 2 aliphatic carbocycles. The highest BCUT2D eigenvalue weighted by atomic mass is 32.2. The number of imidazole rings is 1. The molecule has 0 radical (unpaired) electrons. The molecule has 1 N–H and O–H groups in total. The molecule has 0 saturated heterocycles. The van der Waals surface area contributed by atoms with Gasteiger partial charge in [-0.25, -0.2) is 18.1 Å². The van der Waals surface area contributed by atoms with E-state index in [2.05, 4.69) is 9.71 Å². The number of aryl methyl sites for hydroxylation is 1. The molecule has 0 amide bonds. The first-order valence-electron chi connectivity index (χ1n) is 7.68. The predicted molar refractivity (Wildman–Crippen MR) is 74.8 cm³/mol. The second-order valence-corrected chi connectivity index (χ2v) is 8.23. The molecule has 1 atom stereocenters. The molecule has 4 rings (SSSR count). The van der Waals surface area contributed by atoms with Crippen molar-refractivity contribution in [3.05, 3.63) is 12.0 Å². The van der Waals surface area contributed by atoms with Crippen molar-refractivity contribution in [1.29, 1.82) is 0 Å². The molecule has 3 aliphatic rings. The minimum Gasteiger partial charge on any atom is -0.318 e. The standard InChI is InChI=1S/C14H21N3O2S/c18-20(19,13-10-15-12-5-4-8-17(12)13)16-11-9-14(11)6-2-1-3-7-14/h10-11,16H,1-9H2. The molecule has 2 fully saturated rings. The van der Waals surface area contributed by atoms with Crippen LogP contribution in [0.2, 0.25) is 0 Å². The summed E-state index contributed by atoms with van der Waals surface area (Å²) in [5, 5.41) is 0.364. The maximum absolute atomic E-state index is 12.6. The summed E-state index contributed by atoms with van der Waals surface area (Å²) in [5.74, 6) is 0.911. The summed E-state index contributed by atoms with van der Waals surface area (Å²) in [6, 6.07) is 0.153. The summed E-state index contributed by atoms with van der Waals surface area (Å²) < 4.78 is 29.9. The van der Waals surface area contributed by atoms with Gasteiger partial charge in [-0.2, -0.15) is 0 Å². The fraction of sp³-hybridized carbons (Fsp3) is 0.786. The van der Waals surface area contributed by atoms with E-state index < -0.39 is 10.0 Å². The first kappa shape index (κ1) is 12.8. The normalized spacial score (nSPS) is 27.7. The van der Waals surface area contributed by atoms with Crippen molar-refractivity contribution in [2.45, 2.75) is 69.0 Å². The lowest BCUT2D eigenvalue weighted by Crippen LogP contribution is -2.32. The summed E-state index contributed by atoms with van der Waals surface area (Å²) in [6.07, 6.45) is 10.6. The summed E-state index contributed by atoms with van der Waals surface area (Å²) in [5.41, 5.74) is 0.277. The van der Waals surface area contributed by atoms with Crippen LogP contribution in [0.25, 0.3) is 0 Å². The topological polar surface area (TPSA) is 64.0 Å². The van der Waals surface area contributed by atoms with Gasteiger partial charge in [0, 0.05) is 19.0 Å². The lowest BCUT2D eigenvalue weighted by atomic mass is 9.86. The molecular weight excluding hydrogens is 274 g/mol. The van der Waals surface area contributed by atoms with Crippen molar-refractivity contribution in [3.63, 3.8) is 0 Å². The van der Waals surface area contributed by atoms with E-state index in [0.29, 0.717) is 5.03 Å². The highest BCUT2D eigenvalue weighted by Gasteiger charge is 2.55. The van der Waals surface area contributed by atoms with Crippen molar-refractivity contribution >= 4 is 10.0 Å². The monoisotopic (exact) mass is 295 g/mol. The number of nitrogens with zero attached hydrogens (tertiary/aromatic N) is 2. The number of hydrogen-bond acceptors (Lipinski definition) is 3. The number of rotatable bonds is 3. The van der Waals surface area contributed by atoms with Crippen LogP contribution in [0.1, 0.15) is 50.8 Å². The average Bonchev–Trinajstić information content (AvgIpc) is 2.83. The largest absolute Gasteiger partial charge is 0.318 e. The number of hydrogen-bond donors (Lipinski definition) is 1. The fourth-order valence-corrected chi connectivity index (χ4v) is 5.52. The van der Waals surface area contributed by atoms with Crippen LogP contribution in [0.3, 0.4) is 0 Å². The minimum atomic E-state index is -3.40. The third-order valence-electron chi connectivity index (χ3n) is 5.30. The van der Waals surface area contributed by atoms with Crippen molar-refractivity contribution in [2.24, 2.45) is 5.41 Å². The zero-order valence-corrected chi connectivity index (χ0v) is 12.5. The van der Waals surface area contributed by atoms with Gasteiger partial charge in [-0.1, -0.05) is 19.3 Å². The van der Waals surface area contributed by atoms with E-state index in [-0.39, 0.29) is 11.5 Å². The zero-order chi connectivity index (χ0) is 13.8. The molecule has 1 aromatic heterocycles. The van der Waals surface area contributed by atoms with E-state index in [1.54, 1.807) is 0 Å². The highest BCUT2D eigenvalue weighted by Crippen LogP contribution is 2.56. The van der Waals surface area contributed by atoms with Crippen molar-refractivity contribution in [1.82, 2.24) is 14.3 Å². The number of nitrogens with one attached hydrogen (secondary N) is 1. The SMILES string of the molecule is O=S(=O)(NC1CC12CCCCC2)c1cnc2n1CCC2. The Morgan fingerprint density at radius 2 is 2.05 bits per heavy atom. The zero-order valence-electron chi connectivity index (χ0n) is 11.6. The van der Waals surface area contributed by atoms with Crippen LogP contribution in [-0.2, 0) is 23.0 Å². The summed E-state index contributed by atoms with van der Waals surface area (Å²) >= 11 is 0. The third kappa shape index (κ3) is 1.92. The van der Waals surface area contributed by atoms with Gasteiger partial charge >= 0.3 is 0 Å². The highest BCUT2D eigenvalue weighted by molar-refractivity contribution is 7.89. The Hall–Kier alpha value is -0.880. The van der Waals surface area contributed by atoms with Gasteiger partial charge in [0.2, 0.25) is 0 Å². The van der Waals surface area contributed by atoms with E-state index in [1.165, 1.54) is 38.3 Å². The molecule has 20 heavy (non-hydrogen) atoms. The van der Waals surface area contributed by atoms with Gasteiger partial charge in [-0.3, -0.25) is 0 Å². The first-order chi connectivity index (χ1) is 9.61. The number of sulfonamides is 1. The Morgan fingerprint density at radius 3 is 2.85 bits per heavy atom. The van der Waals surface area contributed by atoms with E-state index in [0.717, 1.165) is 31.6 Å². The Labute approximate surface area is 119 Å². The van der Waals surface area contributed by atoms with Crippen LogP contribution >= 0.6 is 0 Å². The third-order valence-corrected chi connectivity index (χ3v) is 6.77. The van der Waals surface area contributed by atoms with Crippen molar-refractivity contribution < 1.29 is 8.42 Å². The van der Waals surface area contributed by atoms with Crippen molar-refractivity contribution in [2.75, 3.05) is 0 Å². The Balaban J connectivity index is 1.53. The Bertz CT molecular complexity index is 629. The molecule has 1 aliphatic heterocycles. The van der Waals surface area contributed by atoms with Gasteiger partial charge in [-0.15, -0.1) is 0 Å². The smallest absolute Gasteiger partial charge is 0.258 e. The van der Waals surface area contributed by atoms with Gasteiger partial charge in [0.1, 0.15) is 5.82 Å². The summed E-state index contributed by atoms with van der Waals surface area (Å²) in [7, 11) is -3.40. The van der Waals surface area contributed by atoms with Gasteiger partial charge in [0.05, 0.1) is 6.20 Å². The molecule has 6 heteroatoms. The summed E-state index contributed by atoms with van der Waals surface area (Å²) in [6.45, 7) is 0.779. The number of aromatic nitrogens is 2. The van der Waals surface area contributed by atoms with Crippen LogP contribution < -0.4 is 4.72 Å². The minimum absolute atomic E-state index is 0.153. The molecule has 110 valence electrons. The van der Waals surface area contributed by atoms with Gasteiger partial charge in [0.15, 0.2) is 5.03 Å². The Kier molecular flexibility index (Phi) is 2.76. The van der Waals surface area contributed by atoms with Gasteiger partial charge < -0.3 is 4.57 Å². The van der Waals surface area contributed by atoms with Crippen LogP contribution in [-0.4, -0.2) is 24.0 Å². The molecule has 0 aromatic carbocycles. The molecule has 2 saturated carbocycles. The van der Waals surface area contributed by atoms with Crippen LogP contribution in [0.4, 0.5) is 0 Å². The quantitative estimate of drug-likeness (QED) is 0.925. The lowest BCUT2D eigenvalue weighted by Gasteiger charge is -2.22. The van der Waals surface area contributed by atoms with Crippen LogP contribution in [0, 0.1) is 5.41 Å². The van der Waals surface area contributed by atoms with Crippen molar-refractivity contribution in [3.8, 4) is 0 Å². The van der Waals surface area contributed by atoms with E-state index in [9.17, 15) is 8.42 Å². The molecule has 1 aromatic rings. The maximum Gasteiger partial charge on any atom is 0.258 e. The second-order valence-electron chi connectivity index (χ2n) is 6.57. The predicted octanol–water partition coefficient (Wildman–Crippen LogP) is 1.83. The van der Waals surface area contributed by atoms with Crippen LogP contribution in [0.5, 0.6) is 0 Å². The van der Waals surface area contributed by atoms with E-state index >= 15 is 0 Å². The molecular formula is C14H21N3O2S. The summed E-state index contributed by atoms with van der Waals surface area (Å²) in [4.78, 5) is 4.24. The van der Waals surface area contributed by atoms with E-state index in [1.807, 2.05) is 4.57 Å². The molecule has 2 heterocycles. The van der Waals surface area contributed by atoms with E-state index in [4.69, 9.17) is 0 Å². The van der Waals surface area contributed by atoms with Gasteiger partial charge in [0.25, 0.3) is 10.0 Å². The maximum atomic E-state index is 12.6. The average molecular weight is 295 g/mol. The second kappa shape index (κ2) is 4.31. The molecule has 0 bridgehead atoms. The number of fused-ring (bicyclic) bond motifs is 1. The molecule has 5 nitrogen and oxygen atoms in total. The first-order valence-corrected chi connectivity index (χ1v) is 9.16. The fourth-order valence-electron chi connectivity index (χ4n) is 4.02. The molecule has 1 unspecified atom stereocenters. The molecule has 1 spiro atoms.